The van der Waals surface area contributed by atoms with Crippen LogP contribution >= 0.6 is 11.8 Å². The molecule has 1 N–H and O–H groups in total. The summed E-state index contributed by atoms with van der Waals surface area (Å²) in [5.41, 5.74) is 0.930. The monoisotopic (exact) mass is 306 g/mol. The van der Waals surface area contributed by atoms with E-state index in [-0.39, 0.29) is 6.42 Å². The number of benzene rings is 1. The van der Waals surface area contributed by atoms with Gasteiger partial charge in [-0.1, -0.05) is 42.8 Å². The number of hydrogen-bond acceptors (Lipinski definition) is 3. The average molecular weight is 306 g/mol. The topological polar surface area (TPSA) is 52.9 Å². The first-order chi connectivity index (χ1) is 10.3. The molecule has 0 atom stereocenters. The van der Waals surface area contributed by atoms with Gasteiger partial charge in [0.25, 0.3) is 0 Å². The molecule has 0 bridgehead atoms. The van der Waals surface area contributed by atoms with Crippen LogP contribution in [0.25, 0.3) is 0 Å². The van der Waals surface area contributed by atoms with Gasteiger partial charge in [0.15, 0.2) is 5.17 Å². The van der Waals surface area contributed by atoms with E-state index in [4.69, 9.17) is 10.1 Å². The van der Waals surface area contributed by atoms with Crippen molar-refractivity contribution in [2.75, 3.05) is 18.8 Å². The molecule has 2 rings (SSSR count). The van der Waals surface area contributed by atoms with Crippen LogP contribution in [0.15, 0.2) is 35.3 Å². The Morgan fingerprint density at radius 3 is 2.43 bits per heavy atom. The third-order valence-corrected chi connectivity index (χ3v) is 4.42. The summed E-state index contributed by atoms with van der Waals surface area (Å²) in [6.45, 7) is 2.04. The van der Waals surface area contributed by atoms with Crippen LogP contribution in [-0.4, -0.2) is 40.0 Å². The molecule has 4 nitrogen and oxygen atoms in total. The first-order valence-corrected chi connectivity index (χ1v) is 8.47. The molecule has 1 aliphatic heterocycles. The SMILES string of the molecule is O=C(O)CCSC(=Nc1ccccc1)N1CCCCCC1. The molecule has 0 aromatic heterocycles. The normalized spacial score (nSPS) is 16.6. The van der Waals surface area contributed by atoms with Gasteiger partial charge in [-0.05, 0) is 25.0 Å². The van der Waals surface area contributed by atoms with Crippen molar-refractivity contribution in [2.24, 2.45) is 4.99 Å². The van der Waals surface area contributed by atoms with E-state index in [1.807, 2.05) is 30.3 Å². The zero-order valence-corrected chi connectivity index (χ0v) is 13.0. The maximum atomic E-state index is 10.7. The highest BCUT2D eigenvalue weighted by Crippen LogP contribution is 2.21. The lowest BCUT2D eigenvalue weighted by Gasteiger charge is -2.23. The van der Waals surface area contributed by atoms with Crippen LogP contribution in [0.1, 0.15) is 32.1 Å². The summed E-state index contributed by atoms with van der Waals surface area (Å²) in [5, 5.41) is 9.77. The molecule has 1 fully saturated rings. The fourth-order valence-corrected chi connectivity index (χ4v) is 3.29. The number of rotatable bonds is 4. The van der Waals surface area contributed by atoms with Crippen molar-refractivity contribution in [1.82, 2.24) is 4.90 Å². The molecule has 1 aromatic carbocycles. The summed E-state index contributed by atoms with van der Waals surface area (Å²) in [7, 11) is 0. The van der Waals surface area contributed by atoms with E-state index < -0.39 is 5.97 Å². The Hall–Kier alpha value is -1.49. The van der Waals surface area contributed by atoms with E-state index in [0.29, 0.717) is 5.75 Å². The largest absolute Gasteiger partial charge is 0.481 e. The highest BCUT2D eigenvalue weighted by molar-refractivity contribution is 8.13. The number of carbonyl (C=O) groups is 1. The van der Waals surface area contributed by atoms with E-state index in [1.165, 1.54) is 25.7 Å². The minimum atomic E-state index is -0.752. The quantitative estimate of drug-likeness (QED) is 0.680. The Morgan fingerprint density at radius 1 is 1.14 bits per heavy atom. The van der Waals surface area contributed by atoms with Crippen molar-refractivity contribution < 1.29 is 9.90 Å². The van der Waals surface area contributed by atoms with Crippen LogP contribution in [0.2, 0.25) is 0 Å². The van der Waals surface area contributed by atoms with Crippen molar-refractivity contribution in [3.8, 4) is 0 Å². The van der Waals surface area contributed by atoms with Crippen molar-refractivity contribution in [3.63, 3.8) is 0 Å². The van der Waals surface area contributed by atoms with Crippen LogP contribution in [0.3, 0.4) is 0 Å². The summed E-state index contributed by atoms with van der Waals surface area (Å²) in [5.74, 6) is -0.185. The summed E-state index contributed by atoms with van der Waals surface area (Å²) >= 11 is 1.56. The molecule has 1 aliphatic rings. The Balaban J connectivity index is 2.08. The number of carboxylic acid groups (broad SMARTS) is 1. The number of aliphatic imine (C=N–C) groups is 1. The number of likely N-dealkylation sites (tertiary alicyclic amines) is 1. The first-order valence-electron chi connectivity index (χ1n) is 7.49. The second-order valence-corrected chi connectivity index (χ2v) is 6.19. The lowest BCUT2D eigenvalue weighted by atomic mass is 10.2. The highest BCUT2D eigenvalue weighted by atomic mass is 32.2. The molecule has 1 heterocycles. The van der Waals surface area contributed by atoms with Crippen molar-refractivity contribution >= 4 is 28.6 Å². The standard InChI is InChI=1S/C16H22N2O2S/c19-15(20)10-13-21-16(17-14-8-4-3-5-9-14)18-11-6-1-2-7-12-18/h3-5,8-9H,1-2,6-7,10-13H2,(H,19,20). The molecule has 1 aromatic rings. The molecule has 114 valence electrons. The van der Waals surface area contributed by atoms with E-state index in [0.717, 1.165) is 23.9 Å². The van der Waals surface area contributed by atoms with Crippen LogP contribution in [-0.2, 0) is 4.79 Å². The number of para-hydroxylation sites is 1. The molecule has 21 heavy (non-hydrogen) atoms. The number of aliphatic carboxylic acids is 1. The molecule has 0 amide bonds. The van der Waals surface area contributed by atoms with Gasteiger partial charge in [-0.3, -0.25) is 4.79 Å². The molecule has 0 spiro atoms. The number of carboxylic acids is 1. The second-order valence-electron chi connectivity index (χ2n) is 5.12. The average Bonchev–Trinajstić information content (AvgIpc) is 2.76. The van der Waals surface area contributed by atoms with E-state index in [1.54, 1.807) is 11.8 Å². The third-order valence-electron chi connectivity index (χ3n) is 3.40. The second kappa shape index (κ2) is 8.72. The fraction of sp³-hybridized carbons (Fsp3) is 0.500. The molecule has 0 saturated carbocycles. The van der Waals surface area contributed by atoms with Crippen molar-refractivity contribution in [2.45, 2.75) is 32.1 Å². The first kappa shape index (κ1) is 15.9. The van der Waals surface area contributed by atoms with Crippen LogP contribution in [0, 0.1) is 0 Å². The summed E-state index contributed by atoms with van der Waals surface area (Å²) in [6.07, 6.45) is 5.09. The Bertz CT molecular complexity index is 468. The molecular weight excluding hydrogens is 284 g/mol. The zero-order chi connectivity index (χ0) is 14.9. The number of nitrogens with zero attached hydrogens (tertiary/aromatic N) is 2. The van der Waals surface area contributed by atoms with Crippen molar-refractivity contribution in [3.05, 3.63) is 30.3 Å². The summed E-state index contributed by atoms with van der Waals surface area (Å²) < 4.78 is 0. The Labute approximate surface area is 130 Å². The van der Waals surface area contributed by atoms with E-state index in [9.17, 15) is 4.79 Å². The van der Waals surface area contributed by atoms with Crippen molar-refractivity contribution in [1.29, 1.82) is 0 Å². The van der Waals surface area contributed by atoms with Gasteiger partial charge in [0.2, 0.25) is 0 Å². The molecule has 0 unspecified atom stereocenters. The molecule has 1 saturated heterocycles. The highest BCUT2D eigenvalue weighted by Gasteiger charge is 2.15. The molecule has 0 radical (unpaired) electrons. The number of amidine groups is 1. The third kappa shape index (κ3) is 5.79. The van der Waals surface area contributed by atoms with Gasteiger partial charge in [-0.2, -0.15) is 0 Å². The zero-order valence-electron chi connectivity index (χ0n) is 12.2. The molecule has 5 heteroatoms. The predicted molar refractivity (Wildman–Crippen MR) is 88.3 cm³/mol. The predicted octanol–water partition coefficient (Wildman–Crippen LogP) is 3.76. The van der Waals surface area contributed by atoms with Gasteiger partial charge in [-0.15, -0.1) is 0 Å². The smallest absolute Gasteiger partial charge is 0.304 e. The molecular formula is C16H22N2O2S. The van der Waals surface area contributed by atoms with E-state index in [2.05, 4.69) is 4.90 Å². The minimum absolute atomic E-state index is 0.173. The van der Waals surface area contributed by atoms with Crippen LogP contribution < -0.4 is 0 Å². The van der Waals surface area contributed by atoms with Gasteiger partial charge in [0.05, 0.1) is 12.1 Å². The maximum absolute atomic E-state index is 10.7. The maximum Gasteiger partial charge on any atom is 0.304 e. The van der Waals surface area contributed by atoms with Crippen LogP contribution in [0.4, 0.5) is 5.69 Å². The van der Waals surface area contributed by atoms with Gasteiger partial charge < -0.3 is 10.0 Å². The van der Waals surface area contributed by atoms with Gasteiger partial charge in [-0.25, -0.2) is 4.99 Å². The Morgan fingerprint density at radius 2 is 1.81 bits per heavy atom. The summed E-state index contributed by atoms with van der Waals surface area (Å²) in [4.78, 5) is 17.7. The summed E-state index contributed by atoms with van der Waals surface area (Å²) in [6, 6.07) is 9.88. The fourth-order valence-electron chi connectivity index (χ4n) is 2.30. The lowest BCUT2D eigenvalue weighted by Crippen LogP contribution is -2.30. The molecule has 0 aliphatic carbocycles. The lowest BCUT2D eigenvalue weighted by molar-refractivity contribution is -0.136. The van der Waals surface area contributed by atoms with Crippen LogP contribution in [0.5, 0.6) is 0 Å². The van der Waals surface area contributed by atoms with Gasteiger partial charge in [0, 0.05) is 18.8 Å². The van der Waals surface area contributed by atoms with Gasteiger partial charge >= 0.3 is 5.97 Å². The van der Waals surface area contributed by atoms with Gasteiger partial charge in [0.1, 0.15) is 0 Å². The number of hydrogen-bond donors (Lipinski definition) is 1. The minimum Gasteiger partial charge on any atom is -0.481 e. The van der Waals surface area contributed by atoms with E-state index >= 15 is 0 Å². The number of thioether (sulfide) groups is 1. The Kier molecular flexibility index (Phi) is 6.60.